The van der Waals surface area contributed by atoms with Crippen molar-refractivity contribution in [2.75, 3.05) is 6.54 Å². The molecule has 0 radical (unpaired) electrons. The van der Waals surface area contributed by atoms with Crippen LogP contribution in [-0.4, -0.2) is 13.0 Å². The van der Waals surface area contributed by atoms with Crippen LogP contribution in [0.1, 0.15) is 22.6 Å². The van der Waals surface area contributed by atoms with Crippen molar-refractivity contribution in [2.45, 2.75) is 26.2 Å². The lowest BCUT2D eigenvalue weighted by Gasteiger charge is -2.17. The van der Waals surface area contributed by atoms with Crippen LogP contribution in [0, 0.1) is 13.8 Å². The SMILES string of the molecule is Cc1ccc(C)c(C(CN)C(F)F)c1. The Morgan fingerprint density at radius 3 is 2.43 bits per heavy atom. The second-order valence-corrected chi connectivity index (χ2v) is 3.54. The number of halogens is 2. The number of aryl methyl sites for hydroxylation is 2. The fraction of sp³-hybridized carbons (Fsp3) is 0.455. The molecule has 0 aliphatic heterocycles. The monoisotopic (exact) mass is 199 g/mol. The molecular weight excluding hydrogens is 184 g/mol. The van der Waals surface area contributed by atoms with E-state index in [1.807, 2.05) is 26.0 Å². The van der Waals surface area contributed by atoms with Crippen LogP contribution >= 0.6 is 0 Å². The predicted octanol–water partition coefficient (Wildman–Crippen LogP) is 2.61. The van der Waals surface area contributed by atoms with E-state index >= 15 is 0 Å². The maximum Gasteiger partial charge on any atom is 0.246 e. The van der Waals surface area contributed by atoms with Crippen LogP contribution in [0.25, 0.3) is 0 Å². The van der Waals surface area contributed by atoms with Gasteiger partial charge in [-0.2, -0.15) is 0 Å². The highest BCUT2D eigenvalue weighted by molar-refractivity contribution is 5.33. The summed E-state index contributed by atoms with van der Waals surface area (Å²) in [5.74, 6) is -0.838. The highest BCUT2D eigenvalue weighted by Crippen LogP contribution is 2.25. The van der Waals surface area contributed by atoms with Gasteiger partial charge in [0.05, 0.1) is 5.92 Å². The van der Waals surface area contributed by atoms with Gasteiger partial charge in [-0.05, 0) is 25.0 Å². The van der Waals surface area contributed by atoms with Gasteiger partial charge in [0.25, 0.3) is 0 Å². The minimum Gasteiger partial charge on any atom is -0.330 e. The Morgan fingerprint density at radius 2 is 1.93 bits per heavy atom. The second kappa shape index (κ2) is 4.51. The van der Waals surface area contributed by atoms with E-state index in [0.717, 1.165) is 11.1 Å². The van der Waals surface area contributed by atoms with Crippen molar-refractivity contribution in [2.24, 2.45) is 5.73 Å². The van der Waals surface area contributed by atoms with Crippen molar-refractivity contribution < 1.29 is 8.78 Å². The Labute approximate surface area is 82.9 Å². The smallest absolute Gasteiger partial charge is 0.246 e. The topological polar surface area (TPSA) is 26.0 Å². The molecule has 0 amide bonds. The Balaban J connectivity index is 3.08. The van der Waals surface area contributed by atoms with E-state index in [9.17, 15) is 8.78 Å². The van der Waals surface area contributed by atoms with E-state index in [1.165, 1.54) is 0 Å². The molecular formula is C11H15F2N. The lowest BCUT2D eigenvalue weighted by molar-refractivity contribution is 0.117. The van der Waals surface area contributed by atoms with Crippen LogP contribution in [0.4, 0.5) is 8.78 Å². The molecule has 0 aliphatic rings. The first-order valence-electron chi connectivity index (χ1n) is 4.61. The molecule has 1 unspecified atom stereocenters. The van der Waals surface area contributed by atoms with Crippen molar-refractivity contribution in [1.82, 2.24) is 0 Å². The van der Waals surface area contributed by atoms with Gasteiger partial charge < -0.3 is 5.73 Å². The molecule has 0 saturated carbocycles. The number of benzene rings is 1. The lowest BCUT2D eigenvalue weighted by atomic mass is 9.93. The van der Waals surface area contributed by atoms with Crippen molar-refractivity contribution in [1.29, 1.82) is 0 Å². The summed E-state index contributed by atoms with van der Waals surface area (Å²) in [5, 5.41) is 0. The molecule has 1 aromatic rings. The van der Waals surface area contributed by atoms with Gasteiger partial charge in [0.1, 0.15) is 0 Å². The third-order valence-corrected chi connectivity index (χ3v) is 2.39. The quantitative estimate of drug-likeness (QED) is 0.795. The molecule has 1 rings (SSSR count). The Kier molecular flexibility index (Phi) is 3.58. The highest BCUT2D eigenvalue weighted by atomic mass is 19.3. The van der Waals surface area contributed by atoms with Crippen LogP contribution in [-0.2, 0) is 0 Å². The second-order valence-electron chi connectivity index (χ2n) is 3.54. The first-order chi connectivity index (χ1) is 6.56. The van der Waals surface area contributed by atoms with E-state index in [0.29, 0.717) is 5.56 Å². The van der Waals surface area contributed by atoms with Crippen LogP contribution in [0.2, 0.25) is 0 Å². The summed E-state index contributed by atoms with van der Waals surface area (Å²) in [6.07, 6.45) is -2.39. The molecule has 0 aromatic heterocycles. The Hall–Kier alpha value is -0.960. The van der Waals surface area contributed by atoms with Gasteiger partial charge in [0, 0.05) is 6.54 Å². The van der Waals surface area contributed by atoms with Gasteiger partial charge in [0.2, 0.25) is 6.43 Å². The normalized spacial score (nSPS) is 13.3. The predicted molar refractivity (Wildman–Crippen MR) is 53.7 cm³/mol. The van der Waals surface area contributed by atoms with Gasteiger partial charge in [0.15, 0.2) is 0 Å². The molecule has 0 saturated heterocycles. The van der Waals surface area contributed by atoms with Crippen molar-refractivity contribution in [3.05, 3.63) is 34.9 Å². The van der Waals surface area contributed by atoms with Crippen LogP contribution in [0.3, 0.4) is 0 Å². The molecule has 0 bridgehead atoms. The molecule has 2 N–H and O–H groups in total. The van der Waals surface area contributed by atoms with Gasteiger partial charge >= 0.3 is 0 Å². The molecule has 14 heavy (non-hydrogen) atoms. The highest BCUT2D eigenvalue weighted by Gasteiger charge is 2.22. The Morgan fingerprint density at radius 1 is 1.29 bits per heavy atom. The molecule has 1 nitrogen and oxygen atoms in total. The van der Waals surface area contributed by atoms with Crippen molar-refractivity contribution >= 4 is 0 Å². The summed E-state index contributed by atoms with van der Waals surface area (Å²) in [5.41, 5.74) is 7.89. The lowest BCUT2D eigenvalue weighted by Crippen LogP contribution is -2.20. The Bertz CT molecular complexity index is 310. The first-order valence-corrected chi connectivity index (χ1v) is 4.61. The zero-order valence-corrected chi connectivity index (χ0v) is 8.43. The fourth-order valence-corrected chi connectivity index (χ4v) is 1.52. The molecule has 0 aliphatic carbocycles. The van der Waals surface area contributed by atoms with Gasteiger partial charge in [-0.15, -0.1) is 0 Å². The maximum absolute atomic E-state index is 12.6. The molecule has 3 heteroatoms. The molecule has 1 aromatic carbocycles. The molecule has 1 atom stereocenters. The average Bonchev–Trinajstić information content (AvgIpc) is 2.11. The van der Waals surface area contributed by atoms with Crippen LogP contribution in [0.15, 0.2) is 18.2 Å². The molecule has 0 heterocycles. The molecule has 0 spiro atoms. The summed E-state index contributed by atoms with van der Waals surface area (Å²) >= 11 is 0. The van der Waals surface area contributed by atoms with E-state index < -0.39 is 12.3 Å². The zero-order chi connectivity index (χ0) is 10.7. The average molecular weight is 199 g/mol. The third-order valence-electron chi connectivity index (χ3n) is 2.39. The summed E-state index contributed by atoms with van der Waals surface area (Å²) in [6.45, 7) is 3.71. The summed E-state index contributed by atoms with van der Waals surface area (Å²) in [6, 6.07) is 5.56. The fourth-order valence-electron chi connectivity index (χ4n) is 1.52. The van der Waals surface area contributed by atoms with Gasteiger partial charge in [-0.25, -0.2) is 8.78 Å². The minimum atomic E-state index is -2.39. The summed E-state index contributed by atoms with van der Waals surface area (Å²) in [4.78, 5) is 0. The maximum atomic E-state index is 12.6. The van der Waals surface area contributed by atoms with E-state index in [1.54, 1.807) is 6.07 Å². The van der Waals surface area contributed by atoms with Crippen molar-refractivity contribution in [3.63, 3.8) is 0 Å². The summed E-state index contributed by atoms with van der Waals surface area (Å²) < 4.78 is 25.2. The number of nitrogens with two attached hydrogens (primary N) is 1. The van der Waals surface area contributed by atoms with Gasteiger partial charge in [-0.1, -0.05) is 23.8 Å². The van der Waals surface area contributed by atoms with Crippen LogP contribution in [0.5, 0.6) is 0 Å². The van der Waals surface area contributed by atoms with E-state index in [4.69, 9.17) is 5.73 Å². The summed E-state index contributed by atoms with van der Waals surface area (Å²) in [7, 11) is 0. The van der Waals surface area contributed by atoms with Crippen LogP contribution < -0.4 is 5.73 Å². The minimum absolute atomic E-state index is 0.0119. The molecule has 78 valence electrons. The number of hydrogen-bond acceptors (Lipinski definition) is 1. The van der Waals surface area contributed by atoms with E-state index in [-0.39, 0.29) is 6.54 Å². The molecule has 0 fully saturated rings. The zero-order valence-electron chi connectivity index (χ0n) is 8.43. The third kappa shape index (κ3) is 2.29. The largest absolute Gasteiger partial charge is 0.330 e. The number of hydrogen-bond donors (Lipinski definition) is 1. The van der Waals surface area contributed by atoms with E-state index in [2.05, 4.69) is 0 Å². The first kappa shape index (κ1) is 11.1. The van der Waals surface area contributed by atoms with Gasteiger partial charge in [-0.3, -0.25) is 0 Å². The van der Waals surface area contributed by atoms with Crippen molar-refractivity contribution in [3.8, 4) is 0 Å². The standard InChI is InChI=1S/C11H15F2N/c1-7-3-4-8(2)9(5-7)10(6-14)11(12)13/h3-5,10-11H,6,14H2,1-2H3. The number of rotatable bonds is 3. The number of alkyl halides is 2.